The second-order valence-corrected chi connectivity index (χ2v) is 6.94. The van der Waals surface area contributed by atoms with Crippen LogP contribution < -0.4 is 5.32 Å². The van der Waals surface area contributed by atoms with E-state index in [2.05, 4.69) is 10.3 Å². The van der Waals surface area contributed by atoms with Gasteiger partial charge in [0.1, 0.15) is 5.02 Å². The third-order valence-corrected chi connectivity index (χ3v) is 4.91. The van der Waals surface area contributed by atoms with E-state index < -0.39 is 15.8 Å². The fraction of sp³-hybridized carbons (Fsp3) is 0.0588. The van der Waals surface area contributed by atoms with Crippen molar-refractivity contribution >= 4 is 45.4 Å². The average molecular weight is 419 g/mol. The molecule has 9 nitrogen and oxygen atoms in total. The molecule has 1 aromatic heterocycles. The molecule has 2 aromatic carbocycles. The van der Waals surface area contributed by atoms with Crippen LogP contribution in [0.15, 0.2) is 41.8 Å². The first-order valence-electron chi connectivity index (χ1n) is 7.72. The zero-order valence-electron chi connectivity index (χ0n) is 14.2. The lowest BCUT2D eigenvalue weighted by molar-refractivity contribution is -0.385. The molecule has 0 bridgehead atoms. The second-order valence-electron chi connectivity index (χ2n) is 5.67. The fourth-order valence-corrected chi connectivity index (χ4v) is 3.29. The van der Waals surface area contributed by atoms with Crippen LogP contribution in [0.1, 0.15) is 15.9 Å². The predicted molar refractivity (Wildman–Crippen MR) is 105 cm³/mol. The van der Waals surface area contributed by atoms with Crippen LogP contribution in [0.3, 0.4) is 0 Å². The highest BCUT2D eigenvalue weighted by molar-refractivity contribution is 7.14. The molecule has 0 saturated heterocycles. The first kappa shape index (κ1) is 19.4. The number of hydrogen-bond acceptors (Lipinski definition) is 7. The predicted octanol–water partition coefficient (Wildman–Crippen LogP) is 4.84. The van der Waals surface area contributed by atoms with Crippen molar-refractivity contribution in [3.63, 3.8) is 0 Å². The molecule has 1 N–H and O–H groups in total. The Morgan fingerprint density at radius 1 is 1.11 bits per heavy atom. The van der Waals surface area contributed by atoms with Crippen LogP contribution in [-0.2, 0) is 0 Å². The Hall–Kier alpha value is -3.37. The zero-order chi connectivity index (χ0) is 20.4. The van der Waals surface area contributed by atoms with Gasteiger partial charge in [-0.25, -0.2) is 4.98 Å². The van der Waals surface area contributed by atoms with Gasteiger partial charge in [-0.2, -0.15) is 0 Å². The van der Waals surface area contributed by atoms with E-state index in [1.165, 1.54) is 18.2 Å². The van der Waals surface area contributed by atoms with E-state index >= 15 is 0 Å². The van der Waals surface area contributed by atoms with Gasteiger partial charge in [-0.15, -0.1) is 11.3 Å². The van der Waals surface area contributed by atoms with Crippen molar-refractivity contribution in [3.05, 3.63) is 78.2 Å². The normalized spacial score (nSPS) is 10.5. The number of anilines is 1. The first-order chi connectivity index (χ1) is 13.3. The largest absolute Gasteiger partial charge is 0.298 e. The van der Waals surface area contributed by atoms with Crippen molar-refractivity contribution in [2.75, 3.05) is 5.32 Å². The topological polar surface area (TPSA) is 128 Å². The number of nitrogens with zero attached hydrogens (tertiary/aromatic N) is 3. The van der Waals surface area contributed by atoms with Crippen molar-refractivity contribution in [2.24, 2.45) is 0 Å². The van der Waals surface area contributed by atoms with E-state index in [1.807, 2.05) is 0 Å². The van der Waals surface area contributed by atoms with Crippen LogP contribution in [0.25, 0.3) is 11.3 Å². The van der Waals surface area contributed by atoms with Crippen molar-refractivity contribution in [1.82, 2.24) is 4.98 Å². The van der Waals surface area contributed by atoms with Gasteiger partial charge in [-0.3, -0.25) is 30.3 Å². The monoisotopic (exact) mass is 418 g/mol. The molecular formula is C17H11ClN4O5S. The van der Waals surface area contributed by atoms with Crippen LogP contribution in [0.5, 0.6) is 0 Å². The lowest BCUT2D eigenvalue weighted by Gasteiger charge is -2.03. The van der Waals surface area contributed by atoms with E-state index in [9.17, 15) is 25.0 Å². The van der Waals surface area contributed by atoms with Crippen molar-refractivity contribution in [3.8, 4) is 11.3 Å². The van der Waals surface area contributed by atoms with Crippen molar-refractivity contribution < 1.29 is 14.6 Å². The smallest absolute Gasteiger partial charge is 0.288 e. The minimum atomic E-state index is -0.676. The van der Waals surface area contributed by atoms with E-state index in [0.29, 0.717) is 16.8 Å². The van der Waals surface area contributed by atoms with Gasteiger partial charge in [-0.1, -0.05) is 23.7 Å². The molecule has 0 aliphatic heterocycles. The third kappa shape index (κ3) is 3.97. The maximum Gasteiger partial charge on any atom is 0.288 e. The third-order valence-electron chi connectivity index (χ3n) is 3.83. The van der Waals surface area contributed by atoms with Crippen LogP contribution in [0.4, 0.5) is 16.5 Å². The fourth-order valence-electron chi connectivity index (χ4n) is 2.39. The number of halogens is 1. The van der Waals surface area contributed by atoms with Crippen molar-refractivity contribution in [2.45, 2.75) is 6.92 Å². The second kappa shape index (κ2) is 7.71. The number of nitro groups is 2. The molecule has 0 fully saturated rings. The Morgan fingerprint density at radius 2 is 1.82 bits per heavy atom. The van der Waals surface area contributed by atoms with Crippen LogP contribution in [0, 0.1) is 27.2 Å². The number of carbonyl (C=O) groups is 1. The highest BCUT2D eigenvalue weighted by atomic mass is 35.5. The van der Waals surface area contributed by atoms with Gasteiger partial charge in [0.25, 0.3) is 17.3 Å². The summed E-state index contributed by atoms with van der Waals surface area (Å²) in [6.07, 6.45) is 0. The molecule has 0 radical (unpaired) electrons. The summed E-state index contributed by atoms with van der Waals surface area (Å²) in [6, 6.07) is 8.45. The number of thiazole rings is 1. The summed E-state index contributed by atoms with van der Waals surface area (Å²) in [6.45, 7) is 1.64. The number of rotatable bonds is 5. The lowest BCUT2D eigenvalue weighted by atomic mass is 10.1. The van der Waals surface area contributed by atoms with Crippen LogP contribution in [-0.4, -0.2) is 20.7 Å². The van der Waals surface area contributed by atoms with Gasteiger partial charge < -0.3 is 0 Å². The van der Waals surface area contributed by atoms with Gasteiger partial charge >= 0.3 is 0 Å². The molecule has 0 saturated carbocycles. The molecular weight excluding hydrogens is 408 g/mol. The van der Waals surface area contributed by atoms with E-state index in [1.54, 1.807) is 24.4 Å². The number of aryl methyl sites for hydroxylation is 1. The van der Waals surface area contributed by atoms with Gasteiger partial charge in [-0.05, 0) is 19.1 Å². The average Bonchev–Trinajstić information content (AvgIpc) is 3.10. The summed E-state index contributed by atoms with van der Waals surface area (Å²) in [7, 11) is 0. The van der Waals surface area contributed by atoms with E-state index in [4.69, 9.17) is 11.6 Å². The minimum Gasteiger partial charge on any atom is -0.298 e. The Bertz CT molecular complexity index is 1110. The summed E-state index contributed by atoms with van der Waals surface area (Å²) in [5.41, 5.74) is 1.19. The number of aromatic nitrogens is 1. The maximum absolute atomic E-state index is 12.3. The molecule has 0 atom stereocenters. The molecule has 0 aliphatic rings. The minimum absolute atomic E-state index is 0.0236. The number of nitrogens with one attached hydrogen (secondary N) is 1. The Balaban J connectivity index is 1.83. The summed E-state index contributed by atoms with van der Waals surface area (Å²) >= 11 is 6.87. The molecule has 1 heterocycles. The summed E-state index contributed by atoms with van der Waals surface area (Å²) in [5, 5.41) is 26.4. The van der Waals surface area contributed by atoms with Gasteiger partial charge in [0.2, 0.25) is 0 Å². The molecule has 0 aliphatic carbocycles. The highest BCUT2D eigenvalue weighted by Gasteiger charge is 2.18. The van der Waals surface area contributed by atoms with Gasteiger partial charge in [0.15, 0.2) is 5.13 Å². The molecule has 3 aromatic rings. The lowest BCUT2D eigenvalue weighted by Crippen LogP contribution is -2.12. The van der Waals surface area contributed by atoms with Crippen molar-refractivity contribution in [1.29, 1.82) is 0 Å². The molecule has 3 rings (SSSR count). The molecule has 1 amide bonds. The van der Waals surface area contributed by atoms with Gasteiger partial charge in [0.05, 0.1) is 15.5 Å². The summed E-state index contributed by atoms with van der Waals surface area (Å²) in [5.74, 6) is -0.587. The number of hydrogen-bond donors (Lipinski definition) is 1. The standard InChI is InChI=1S/C17H11ClN4O5S/c1-9-2-3-10(6-14(9)21(24)25)13-8-28-17(19-13)20-16(23)11-4-5-12(18)15(7-11)22(26)27/h2-8H,1H3,(H,19,20,23). The summed E-state index contributed by atoms with van der Waals surface area (Å²) < 4.78 is 0. The molecule has 142 valence electrons. The number of benzene rings is 2. The number of amides is 1. The first-order valence-corrected chi connectivity index (χ1v) is 8.98. The molecule has 0 unspecified atom stereocenters. The molecule has 28 heavy (non-hydrogen) atoms. The van der Waals surface area contributed by atoms with Crippen LogP contribution in [0.2, 0.25) is 5.02 Å². The Morgan fingerprint density at radius 3 is 2.50 bits per heavy atom. The Labute approximate surface area is 166 Å². The number of nitro benzene ring substituents is 2. The maximum atomic E-state index is 12.3. The zero-order valence-corrected chi connectivity index (χ0v) is 15.8. The van der Waals surface area contributed by atoms with Crippen LogP contribution >= 0.6 is 22.9 Å². The van der Waals surface area contributed by atoms with E-state index in [-0.39, 0.29) is 27.1 Å². The highest BCUT2D eigenvalue weighted by Crippen LogP contribution is 2.30. The quantitative estimate of drug-likeness (QED) is 0.466. The van der Waals surface area contributed by atoms with E-state index in [0.717, 1.165) is 17.4 Å². The SMILES string of the molecule is Cc1ccc(-c2csc(NC(=O)c3ccc(Cl)c([N+](=O)[O-])c3)n2)cc1[N+](=O)[O-]. The number of carbonyl (C=O) groups excluding carboxylic acids is 1. The van der Waals surface area contributed by atoms with Gasteiger partial charge in [0, 0.05) is 34.2 Å². The summed E-state index contributed by atoms with van der Waals surface area (Å²) in [4.78, 5) is 37.5. The Kier molecular flexibility index (Phi) is 5.34. The molecule has 0 spiro atoms. The molecule has 11 heteroatoms.